The van der Waals surface area contributed by atoms with Gasteiger partial charge in [0.2, 0.25) is 0 Å². The normalized spacial score (nSPS) is 12.0. The lowest BCUT2D eigenvalue weighted by molar-refractivity contribution is 0.0935. The van der Waals surface area contributed by atoms with Crippen LogP contribution in [0.1, 0.15) is 50.9 Å². The minimum Gasteiger partial charge on any atom is -0.492 e. The van der Waals surface area contributed by atoms with Gasteiger partial charge in [0, 0.05) is 17.0 Å². The first-order valence-electron chi connectivity index (χ1n) is 8.14. The number of aryl methyl sites for hydroxylation is 3. The van der Waals surface area contributed by atoms with Gasteiger partial charge in [0.15, 0.2) is 0 Å². The molecule has 2 rings (SSSR count). The Bertz CT molecular complexity index is 693. The Morgan fingerprint density at radius 1 is 1.38 bits per heavy atom. The molecular weight excluding hydrogens is 322 g/mol. The van der Waals surface area contributed by atoms with Crippen molar-refractivity contribution >= 4 is 17.2 Å². The lowest BCUT2D eigenvalue weighted by Crippen LogP contribution is -2.28. The number of carbonyl (C=O) groups is 1. The molecule has 0 unspecified atom stereocenters. The van der Waals surface area contributed by atoms with Gasteiger partial charge >= 0.3 is 0 Å². The molecule has 5 nitrogen and oxygen atoms in total. The fourth-order valence-corrected chi connectivity index (χ4v) is 3.35. The number of rotatable bonds is 7. The smallest absolute Gasteiger partial charge is 0.251 e. The summed E-state index contributed by atoms with van der Waals surface area (Å²) in [4.78, 5) is 18.4. The Kier molecular flexibility index (Phi) is 6.34. The second-order valence-electron chi connectivity index (χ2n) is 5.75. The molecule has 0 saturated carbocycles. The summed E-state index contributed by atoms with van der Waals surface area (Å²) >= 11 is 1.64. The van der Waals surface area contributed by atoms with Crippen LogP contribution in [0.5, 0.6) is 5.75 Å². The number of nitrogens with two attached hydrogens (primary N) is 1. The average Bonchev–Trinajstić information content (AvgIpc) is 2.90. The summed E-state index contributed by atoms with van der Waals surface area (Å²) < 4.78 is 5.60. The molecule has 0 spiro atoms. The first-order chi connectivity index (χ1) is 11.5. The van der Waals surface area contributed by atoms with E-state index in [1.807, 2.05) is 39.8 Å². The third-order valence-corrected chi connectivity index (χ3v) is 5.07. The number of nitrogens with zero attached hydrogens (tertiary/aromatic N) is 1. The summed E-state index contributed by atoms with van der Waals surface area (Å²) in [5.41, 5.74) is 8.06. The molecular formula is C18H25N3O2S. The Balaban J connectivity index is 2.15. The average molecular weight is 347 g/mol. The third kappa shape index (κ3) is 4.33. The molecule has 130 valence electrons. The van der Waals surface area contributed by atoms with Gasteiger partial charge in [0.25, 0.3) is 5.91 Å². The fourth-order valence-electron chi connectivity index (χ4n) is 2.29. The van der Waals surface area contributed by atoms with Crippen LogP contribution in [0.25, 0.3) is 0 Å². The van der Waals surface area contributed by atoms with Crippen molar-refractivity contribution in [2.75, 3.05) is 13.2 Å². The van der Waals surface area contributed by atoms with E-state index in [1.54, 1.807) is 17.4 Å². The Morgan fingerprint density at radius 2 is 2.12 bits per heavy atom. The fraction of sp³-hybridized carbons (Fsp3) is 0.444. The molecule has 24 heavy (non-hydrogen) atoms. The first kappa shape index (κ1) is 18.4. The zero-order valence-corrected chi connectivity index (χ0v) is 15.5. The maximum absolute atomic E-state index is 12.6. The van der Waals surface area contributed by atoms with Crippen molar-refractivity contribution in [1.82, 2.24) is 10.3 Å². The molecule has 0 saturated heterocycles. The van der Waals surface area contributed by atoms with Crippen LogP contribution in [0.2, 0.25) is 0 Å². The second-order valence-corrected chi connectivity index (χ2v) is 6.98. The predicted molar refractivity (Wildman–Crippen MR) is 97.8 cm³/mol. The van der Waals surface area contributed by atoms with Gasteiger partial charge in [-0.3, -0.25) is 4.79 Å². The van der Waals surface area contributed by atoms with Gasteiger partial charge in [-0.25, -0.2) is 4.98 Å². The van der Waals surface area contributed by atoms with E-state index in [0.29, 0.717) is 24.5 Å². The number of aromatic nitrogens is 1. The van der Waals surface area contributed by atoms with Crippen LogP contribution in [-0.2, 0) is 0 Å². The molecule has 1 atom stereocenters. The van der Waals surface area contributed by atoms with Gasteiger partial charge in [0.05, 0.1) is 11.7 Å². The van der Waals surface area contributed by atoms with E-state index in [9.17, 15) is 4.79 Å². The molecule has 0 fully saturated rings. The van der Waals surface area contributed by atoms with Crippen molar-refractivity contribution in [3.8, 4) is 5.75 Å². The molecule has 1 amide bonds. The SMILES string of the molecule is CC[C@H](NC(=O)c1ccc(C)c(OCCN)c1)c1nc(C)c(C)s1. The van der Waals surface area contributed by atoms with Crippen LogP contribution in [0.3, 0.4) is 0 Å². The summed E-state index contributed by atoms with van der Waals surface area (Å²) in [5.74, 6) is 0.576. The van der Waals surface area contributed by atoms with Gasteiger partial charge in [-0.05, 0) is 44.9 Å². The predicted octanol–water partition coefficient (Wildman–Crippen LogP) is 3.29. The number of thiazole rings is 1. The van der Waals surface area contributed by atoms with Gasteiger partial charge in [-0.1, -0.05) is 13.0 Å². The monoisotopic (exact) mass is 347 g/mol. The van der Waals surface area contributed by atoms with Gasteiger partial charge in [-0.15, -0.1) is 11.3 Å². The van der Waals surface area contributed by atoms with Crippen molar-refractivity contribution in [1.29, 1.82) is 0 Å². The van der Waals surface area contributed by atoms with Crippen molar-refractivity contribution in [3.63, 3.8) is 0 Å². The minimum absolute atomic E-state index is 0.0791. The molecule has 0 aliphatic rings. The first-order valence-corrected chi connectivity index (χ1v) is 8.96. The highest BCUT2D eigenvalue weighted by Crippen LogP contribution is 2.26. The minimum atomic E-state index is -0.120. The molecule has 0 radical (unpaired) electrons. The quantitative estimate of drug-likeness (QED) is 0.806. The number of amides is 1. The maximum atomic E-state index is 12.6. The van der Waals surface area contributed by atoms with Gasteiger partial charge < -0.3 is 15.8 Å². The summed E-state index contributed by atoms with van der Waals surface area (Å²) in [6, 6.07) is 5.39. The van der Waals surface area contributed by atoms with E-state index < -0.39 is 0 Å². The standard InChI is InChI=1S/C18H25N3O2S/c1-5-15(18-20-12(3)13(4)24-18)21-17(22)14-7-6-11(2)16(10-14)23-9-8-19/h6-7,10,15H,5,8-9,19H2,1-4H3,(H,21,22)/t15-/m0/s1. The molecule has 2 aromatic rings. The number of ether oxygens (including phenoxy) is 1. The molecule has 1 heterocycles. The summed E-state index contributed by atoms with van der Waals surface area (Å²) in [6.45, 7) is 8.90. The Hall–Kier alpha value is -1.92. The zero-order chi connectivity index (χ0) is 17.7. The van der Waals surface area contributed by atoms with Crippen LogP contribution in [0.4, 0.5) is 0 Å². The molecule has 6 heteroatoms. The Morgan fingerprint density at radius 3 is 2.71 bits per heavy atom. The second kappa shape index (κ2) is 8.26. The molecule has 1 aromatic carbocycles. The number of carbonyl (C=O) groups excluding carboxylic acids is 1. The largest absolute Gasteiger partial charge is 0.492 e. The molecule has 1 aromatic heterocycles. The van der Waals surface area contributed by atoms with E-state index >= 15 is 0 Å². The van der Waals surface area contributed by atoms with Crippen molar-refractivity contribution in [2.45, 2.75) is 40.2 Å². The third-order valence-electron chi connectivity index (χ3n) is 3.88. The van der Waals surface area contributed by atoms with E-state index in [1.165, 1.54) is 4.88 Å². The highest BCUT2D eigenvalue weighted by Gasteiger charge is 2.18. The van der Waals surface area contributed by atoms with E-state index in [2.05, 4.69) is 10.3 Å². The summed E-state index contributed by atoms with van der Waals surface area (Å²) in [5, 5.41) is 4.02. The Labute approximate surface area is 147 Å². The van der Waals surface area contributed by atoms with Crippen molar-refractivity contribution < 1.29 is 9.53 Å². The van der Waals surface area contributed by atoms with Crippen LogP contribution in [0, 0.1) is 20.8 Å². The van der Waals surface area contributed by atoms with Crippen molar-refractivity contribution in [3.05, 3.63) is 44.9 Å². The van der Waals surface area contributed by atoms with Crippen molar-refractivity contribution in [2.24, 2.45) is 5.73 Å². The highest BCUT2D eigenvalue weighted by molar-refractivity contribution is 7.11. The number of hydrogen-bond donors (Lipinski definition) is 2. The van der Waals surface area contributed by atoms with Gasteiger partial charge in [-0.2, -0.15) is 0 Å². The molecule has 0 aliphatic carbocycles. The number of nitrogens with one attached hydrogen (secondary N) is 1. The van der Waals surface area contributed by atoms with Crippen LogP contribution in [-0.4, -0.2) is 24.0 Å². The van der Waals surface area contributed by atoms with E-state index in [4.69, 9.17) is 10.5 Å². The summed E-state index contributed by atoms with van der Waals surface area (Å²) in [7, 11) is 0. The van der Waals surface area contributed by atoms with Crippen LogP contribution < -0.4 is 15.8 Å². The van der Waals surface area contributed by atoms with Crippen LogP contribution in [0.15, 0.2) is 18.2 Å². The maximum Gasteiger partial charge on any atom is 0.251 e. The lowest BCUT2D eigenvalue weighted by atomic mass is 10.1. The van der Waals surface area contributed by atoms with E-state index in [-0.39, 0.29) is 11.9 Å². The molecule has 3 N–H and O–H groups in total. The number of benzene rings is 1. The van der Waals surface area contributed by atoms with E-state index in [0.717, 1.165) is 22.7 Å². The van der Waals surface area contributed by atoms with Crippen LogP contribution >= 0.6 is 11.3 Å². The molecule has 0 aliphatic heterocycles. The number of hydrogen-bond acceptors (Lipinski definition) is 5. The molecule has 0 bridgehead atoms. The highest BCUT2D eigenvalue weighted by atomic mass is 32.1. The lowest BCUT2D eigenvalue weighted by Gasteiger charge is -2.15. The zero-order valence-electron chi connectivity index (χ0n) is 14.7. The topological polar surface area (TPSA) is 77.2 Å². The van der Waals surface area contributed by atoms with Gasteiger partial charge in [0.1, 0.15) is 17.4 Å². The summed E-state index contributed by atoms with van der Waals surface area (Å²) in [6.07, 6.45) is 0.792.